The molecule has 0 aromatic heterocycles. The number of likely N-dealkylation sites (N-methyl/N-ethyl adjacent to an activating group) is 1. The Bertz CT molecular complexity index is 377. The van der Waals surface area contributed by atoms with Gasteiger partial charge in [0.25, 0.3) is 10.1 Å². The van der Waals surface area contributed by atoms with Gasteiger partial charge in [-0.15, -0.1) is 0 Å². The Hall–Kier alpha value is -0.960. The minimum atomic E-state index is -3.86. The van der Waals surface area contributed by atoms with E-state index in [0.717, 1.165) is 12.6 Å². The van der Waals surface area contributed by atoms with Crippen molar-refractivity contribution in [3.63, 3.8) is 0 Å². The zero-order valence-electron chi connectivity index (χ0n) is 11.4. The molecule has 0 unspecified atom stereocenters. The van der Waals surface area contributed by atoms with Gasteiger partial charge in [-0.2, -0.15) is 8.42 Å². The third-order valence-electron chi connectivity index (χ3n) is 2.52. The fraction of sp³-hybridized carbons (Fsp3) is 0.727. The lowest BCUT2D eigenvalue weighted by atomic mass is 10.3. The molecular weight excluding hydrogens is 274 g/mol. The first-order valence-corrected chi connectivity index (χ1v) is 7.33. The van der Waals surface area contributed by atoms with Crippen LogP contribution in [0.4, 0.5) is 0 Å². The molecule has 0 saturated heterocycles. The van der Waals surface area contributed by atoms with Crippen LogP contribution in [0.3, 0.4) is 0 Å². The minimum absolute atomic E-state index is 0. The molecule has 0 spiro atoms. The Morgan fingerprint density at radius 3 is 2.37 bits per heavy atom. The van der Waals surface area contributed by atoms with E-state index in [-0.39, 0.29) is 11.2 Å². The van der Waals surface area contributed by atoms with Crippen LogP contribution in [0.15, 0.2) is 12.7 Å². The first kappa shape index (κ1) is 20.4. The molecule has 0 saturated carbocycles. The second kappa shape index (κ2) is 9.03. The average Bonchev–Trinajstić information content (AvgIpc) is 2.23. The number of esters is 1. The lowest BCUT2D eigenvalue weighted by Gasteiger charge is -2.29. The number of hydrogen-bond donors (Lipinski definition) is 1. The van der Waals surface area contributed by atoms with E-state index in [9.17, 15) is 13.2 Å². The van der Waals surface area contributed by atoms with Crippen molar-refractivity contribution in [1.29, 1.82) is 0 Å². The summed E-state index contributed by atoms with van der Waals surface area (Å²) in [6, 6.07) is 0. The van der Waals surface area contributed by atoms with E-state index in [1.165, 1.54) is 0 Å². The highest BCUT2D eigenvalue weighted by Crippen LogP contribution is 2.03. The number of nitrogens with zero attached hydrogens (tertiary/aromatic N) is 1. The van der Waals surface area contributed by atoms with E-state index in [2.05, 4.69) is 6.58 Å². The van der Waals surface area contributed by atoms with Crippen LogP contribution < -0.4 is 0 Å². The van der Waals surface area contributed by atoms with Crippen molar-refractivity contribution in [2.75, 3.05) is 39.5 Å². The van der Waals surface area contributed by atoms with Crippen molar-refractivity contribution < 1.29 is 32.5 Å². The summed E-state index contributed by atoms with van der Waals surface area (Å²) in [7, 11) is 0.0741. The molecule has 0 radical (unpaired) electrons. The smallest absolute Gasteiger partial charge is 0.330 e. The summed E-state index contributed by atoms with van der Waals surface area (Å²) in [6.07, 6.45) is 2.22. The topological polar surface area (TPSA) is 111 Å². The fourth-order valence-electron chi connectivity index (χ4n) is 1.39. The number of ether oxygens (including phenoxy) is 1. The van der Waals surface area contributed by atoms with Crippen LogP contribution >= 0.6 is 0 Å². The SMILES string of the molecule is C=CC(=O)OCC[N+](C)(C)CCCCS(=O)(=O)O.[OH-]. The molecule has 0 aromatic carbocycles. The van der Waals surface area contributed by atoms with E-state index in [1.807, 2.05) is 14.1 Å². The van der Waals surface area contributed by atoms with E-state index < -0.39 is 16.1 Å². The molecular formula is C11H23NO6S. The zero-order valence-corrected chi connectivity index (χ0v) is 12.2. The maximum absolute atomic E-state index is 10.8. The molecule has 0 amide bonds. The van der Waals surface area contributed by atoms with E-state index in [4.69, 9.17) is 9.29 Å². The second-order valence-electron chi connectivity index (χ2n) is 4.75. The molecule has 0 heterocycles. The second-order valence-corrected chi connectivity index (χ2v) is 6.32. The molecule has 7 nitrogen and oxygen atoms in total. The number of quaternary nitrogens is 1. The molecule has 0 aliphatic heterocycles. The first-order chi connectivity index (χ1) is 8.16. The van der Waals surface area contributed by atoms with E-state index in [1.54, 1.807) is 0 Å². The van der Waals surface area contributed by atoms with Gasteiger partial charge < -0.3 is 14.7 Å². The molecule has 0 aliphatic rings. The number of carbonyl (C=O) groups excluding carboxylic acids is 1. The summed E-state index contributed by atoms with van der Waals surface area (Å²) >= 11 is 0. The van der Waals surface area contributed by atoms with Crippen molar-refractivity contribution in [3.05, 3.63) is 12.7 Å². The van der Waals surface area contributed by atoms with Crippen molar-refractivity contribution in [2.45, 2.75) is 12.8 Å². The van der Waals surface area contributed by atoms with Crippen LogP contribution in [0, 0.1) is 0 Å². The Morgan fingerprint density at radius 1 is 1.32 bits per heavy atom. The summed E-state index contributed by atoms with van der Waals surface area (Å²) < 4.78 is 35.1. The number of carbonyl (C=O) groups is 1. The van der Waals surface area contributed by atoms with Crippen LogP contribution in [0.25, 0.3) is 0 Å². The minimum Gasteiger partial charge on any atom is -0.870 e. The zero-order chi connectivity index (χ0) is 14.2. The lowest BCUT2D eigenvalue weighted by Crippen LogP contribution is -2.43. The molecule has 2 N–H and O–H groups in total. The van der Waals surface area contributed by atoms with Crippen LogP contribution in [-0.4, -0.2) is 68.4 Å². The summed E-state index contributed by atoms with van der Waals surface area (Å²) in [6.45, 7) is 5.00. The van der Waals surface area contributed by atoms with Gasteiger partial charge in [-0.1, -0.05) is 6.58 Å². The third-order valence-corrected chi connectivity index (χ3v) is 3.33. The maximum atomic E-state index is 10.8. The molecule has 0 aromatic rings. The Labute approximate surface area is 114 Å². The predicted octanol–water partition coefficient (Wildman–Crippen LogP) is 0.283. The standard InChI is InChI=1S/C11H21NO5S.H2O/c1-4-11(13)17-9-8-12(2,3)7-5-6-10-18(14,15)16;/h4H,1,5-10H2,2-3H3;1H2. The van der Waals surface area contributed by atoms with Crippen LogP contribution in [0.5, 0.6) is 0 Å². The summed E-state index contributed by atoms with van der Waals surface area (Å²) in [5.41, 5.74) is 0. The monoisotopic (exact) mass is 297 g/mol. The molecule has 0 bridgehead atoms. The van der Waals surface area contributed by atoms with Crippen LogP contribution in [0.1, 0.15) is 12.8 Å². The largest absolute Gasteiger partial charge is 0.870 e. The molecule has 0 atom stereocenters. The van der Waals surface area contributed by atoms with E-state index >= 15 is 0 Å². The predicted molar refractivity (Wildman–Crippen MR) is 70.6 cm³/mol. The van der Waals surface area contributed by atoms with E-state index in [0.29, 0.717) is 30.5 Å². The molecule has 0 rings (SSSR count). The molecule has 19 heavy (non-hydrogen) atoms. The lowest BCUT2D eigenvalue weighted by molar-refractivity contribution is -0.890. The van der Waals surface area contributed by atoms with Gasteiger partial charge in [0.2, 0.25) is 0 Å². The summed E-state index contributed by atoms with van der Waals surface area (Å²) in [5, 5.41) is 0. The maximum Gasteiger partial charge on any atom is 0.330 e. The van der Waals surface area contributed by atoms with Crippen LogP contribution in [-0.2, 0) is 19.6 Å². The Kier molecular flexibility index (Phi) is 9.67. The molecule has 0 fully saturated rings. The van der Waals surface area contributed by atoms with Gasteiger partial charge in [-0.05, 0) is 12.8 Å². The highest BCUT2D eigenvalue weighted by atomic mass is 32.2. The van der Waals surface area contributed by atoms with Gasteiger partial charge in [0, 0.05) is 6.08 Å². The van der Waals surface area contributed by atoms with Gasteiger partial charge in [0.05, 0.1) is 26.4 Å². The molecule has 0 aliphatic carbocycles. The Balaban J connectivity index is 0. The highest BCUT2D eigenvalue weighted by Gasteiger charge is 2.15. The fourth-order valence-corrected chi connectivity index (χ4v) is 1.96. The van der Waals surface area contributed by atoms with Gasteiger partial charge in [0.15, 0.2) is 0 Å². The average molecular weight is 297 g/mol. The molecule has 114 valence electrons. The third kappa shape index (κ3) is 13.3. The van der Waals surface area contributed by atoms with Gasteiger partial charge >= 0.3 is 5.97 Å². The quantitative estimate of drug-likeness (QED) is 0.215. The molecule has 8 heteroatoms. The first-order valence-electron chi connectivity index (χ1n) is 5.73. The Morgan fingerprint density at radius 2 is 1.89 bits per heavy atom. The van der Waals surface area contributed by atoms with Crippen molar-refractivity contribution in [2.24, 2.45) is 0 Å². The van der Waals surface area contributed by atoms with Crippen molar-refractivity contribution in [3.8, 4) is 0 Å². The number of unbranched alkanes of at least 4 members (excludes halogenated alkanes) is 1. The highest BCUT2D eigenvalue weighted by molar-refractivity contribution is 7.85. The van der Waals surface area contributed by atoms with Gasteiger partial charge in [0.1, 0.15) is 13.2 Å². The summed E-state index contributed by atoms with van der Waals surface area (Å²) in [5.74, 6) is -0.653. The van der Waals surface area contributed by atoms with Crippen LogP contribution in [0.2, 0.25) is 0 Å². The van der Waals surface area contributed by atoms with Gasteiger partial charge in [-0.3, -0.25) is 4.55 Å². The van der Waals surface area contributed by atoms with Gasteiger partial charge in [-0.25, -0.2) is 4.79 Å². The van der Waals surface area contributed by atoms with Crippen molar-refractivity contribution in [1.82, 2.24) is 0 Å². The van der Waals surface area contributed by atoms with Crippen molar-refractivity contribution >= 4 is 16.1 Å². The summed E-state index contributed by atoms with van der Waals surface area (Å²) in [4.78, 5) is 10.8. The number of rotatable bonds is 9. The normalized spacial score (nSPS) is 11.5. The number of hydrogen-bond acceptors (Lipinski definition) is 5.